The van der Waals surface area contributed by atoms with E-state index < -0.39 is 0 Å². The van der Waals surface area contributed by atoms with E-state index in [-0.39, 0.29) is 6.04 Å². The highest BCUT2D eigenvalue weighted by Crippen LogP contribution is 2.23. The number of phenols is 1. The van der Waals surface area contributed by atoms with Crippen molar-refractivity contribution in [3.8, 4) is 5.75 Å². The Hall–Kier alpha value is -2.33. The average Bonchev–Trinajstić information content (AvgIpc) is 2.88. The number of pyridine rings is 1. The zero-order valence-corrected chi connectivity index (χ0v) is 12.3. The number of hydrogen-bond acceptors (Lipinski definition) is 3. The van der Waals surface area contributed by atoms with Crippen LogP contribution in [0.2, 0.25) is 0 Å². The minimum atomic E-state index is 0.210. The van der Waals surface area contributed by atoms with Crippen LogP contribution in [-0.2, 0) is 6.54 Å². The Balaban J connectivity index is 1.77. The number of fused-ring (bicyclic) bond motifs is 1. The summed E-state index contributed by atoms with van der Waals surface area (Å²) >= 11 is 0. The Bertz CT molecular complexity index is 717. The first-order valence-corrected chi connectivity index (χ1v) is 7.05. The molecule has 108 valence electrons. The summed E-state index contributed by atoms with van der Waals surface area (Å²) < 4.78 is 2.03. The molecule has 4 heteroatoms. The van der Waals surface area contributed by atoms with Gasteiger partial charge in [0.1, 0.15) is 11.4 Å². The molecule has 0 aliphatic carbocycles. The highest BCUT2D eigenvalue weighted by atomic mass is 16.3. The van der Waals surface area contributed by atoms with Gasteiger partial charge in [-0.3, -0.25) is 4.90 Å². The van der Waals surface area contributed by atoms with Gasteiger partial charge in [0.15, 0.2) is 0 Å². The summed E-state index contributed by atoms with van der Waals surface area (Å²) in [6.07, 6.45) is 4.06. The van der Waals surface area contributed by atoms with E-state index in [1.54, 1.807) is 6.07 Å². The maximum absolute atomic E-state index is 9.59. The van der Waals surface area contributed by atoms with Crippen LogP contribution >= 0.6 is 0 Å². The molecule has 1 atom stereocenters. The molecule has 3 rings (SSSR count). The minimum absolute atomic E-state index is 0.210. The lowest BCUT2D eigenvalue weighted by atomic mass is 10.1. The van der Waals surface area contributed by atoms with Gasteiger partial charge in [-0.2, -0.15) is 0 Å². The molecule has 0 radical (unpaired) electrons. The van der Waals surface area contributed by atoms with E-state index in [4.69, 9.17) is 0 Å². The predicted molar refractivity (Wildman–Crippen MR) is 83.2 cm³/mol. The molecule has 3 aromatic rings. The topological polar surface area (TPSA) is 40.8 Å². The Kier molecular flexibility index (Phi) is 3.62. The maximum Gasteiger partial charge on any atom is 0.137 e. The third kappa shape index (κ3) is 2.90. The molecule has 0 aliphatic rings. The zero-order chi connectivity index (χ0) is 14.8. The van der Waals surface area contributed by atoms with Crippen LogP contribution in [0.15, 0.2) is 54.9 Å². The lowest BCUT2D eigenvalue weighted by molar-refractivity contribution is 0.250. The molecular formula is C17H19N3O. The van der Waals surface area contributed by atoms with E-state index in [2.05, 4.69) is 30.1 Å². The normalized spacial score (nSPS) is 12.9. The number of rotatable bonds is 4. The number of nitrogens with zero attached hydrogens (tertiary/aromatic N) is 3. The first-order valence-electron chi connectivity index (χ1n) is 7.05. The van der Waals surface area contributed by atoms with Crippen molar-refractivity contribution in [3.05, 3.63) is 66.1 Å². The van der Waals surface area contributed by atoms with Gasteiger partial charge < -0.3 is 9.51 Å². The highest BCUT2D eigenvalue weighted by molar-refractivity contribution is 5.39. The third-order valence-corrected chi connectivity index (χ3v) is 3.84. The predicted octanol–water partition coefficient (Wildman–Crippen LogP) is 3.23. The van der Waals surface area contributed by atoms with Crippen molar-refractivity contribution in [2.75, 3.05) is 7.05 Å². The second kappa shape index (κ2) is 5.58. The quantitative estimate of drug-likeness (QED) is 0.798. The van der Waals surface area contributed by atoms with Gasteiger partial charge >= 0.3 is 0 Å². The molecule has 0 fully saturated rings. The number of phenolic OH excluding ortho intramolecular Hbond substituents is 1. The van der Waals surface area contributed by atoms with Gasteiger partial charge in [-0.05, 0) is 43.8 Å². The SMILES string of the molecule is C[C@@H](c1cccc(O)c1)N(C)Cc1cn2ccccc2n1. The summed E-state index contributed by atoms with van der Waals surface area (Å²) in [5.74, 6) is 0.306. The second-order valence-corrected chi connectivity index (χ2v) is 5.38. The molecule has 1 N–H and O–H groups in total. The van der Waals surface area contributed by atoms with Crippen molar-refractivity contribution in [2.45, 2.75) is 19.5 Å². The molecular weight excluding hydrogens is 262 g/mol. The van der Waals surface area contributed by atoms with Gasteiger partial charge in [0.2, 0.25) is 0 Å². The fourth-order valence-corrected chi connectivity index (χ4v) is 2.49. The molecule has 0 amide bonds. The Labute approximate surface area is 124 Å². The van der Waals surface area contributed by atoms with Crippen molar-refractivity contribution >= 4 is 5.65 Å². The molecule has 0 saturated carbocycles. The maximum atomic E-state index is 9.59. The van der Waals surface area contributed by atoms with Crippen LogP contribution in [0.5, 0.6) is 5.75 Å². The summed E-state index contributed by atoms with van der Waals surface area (Å²) in [5.41, 5.74) is 3.10. The molecule has 2 aromatic heterocycles. The van der Waals surface area contributed by atoms with E-state index in [0.717, 1.165) is 23.4 Å². The monoisotopic (exact) mass is 281 g/mol. The van der Waals surface area contributed by atoms with E-state index >= 15 is 0 Å². The molecule has 0 aliphatic heterocycles. The zero-order valence-electron chi connectivity index (χ0n) is 12.3. The standard InChI is InChI=1S/C17H19N3O/c1-13(14-6-5-7-16(21)10-14)19(2)11-15-12-20-9-4-3-8-17(20)18-15/h3-10,12-13,21H,11H2,1-2H3/t13-/m0/s1. The largest absolute Gasteiger partial charge is 0.508 e. The number of aromatic hydroxyl groups is 1. The summed E-state index contributed by atoms with van der Waals surface area (Å²) in [7, 11) is 2.07. The van der Waals surface area contributed by atoms with Crippen molar-refractivity contribution in [2.24, 2.45) is 0 Å². The summed E-state index contributed by atoms with van der Waals surface area (Å²) in [6.45, 7) is 2.89. The van der Waals surface area contributed by atoms with Crippen LogP contribution in [0, 0.1) is 0 Å². The summed E-state index contributed by atoms with van der Waals surface area (Å²) in [4.78, 5) is 6.84. The van der Waals surface area contributed by atoms with Crippen molar-refractivity contribution in [3.63, 3.8) is 0 Å². The van der Waals surface area contributed by atoms with Crippen molar-refractivity contribution in [1.29, 1.82) is 0 Å². The molecule has 0 bridgehead atoms. The molecule has 0 spiro atoms. The summed E-state index contributed by atoms with van der Waals surface area (Å²) in [6, 6.07) is 13.6. The Morgan fingerprint density at radius 2 is 2.10 bits per heavy atom. The molecule has 21 heavy (non-hydrogen) atoms. The lowest BCUT2D eigenvalue weighted by Crippen LogP contribution is -2.22. The molecule has 0 saturated heterocycles. The van der Waals surface area contributed by atoms with Crippen LogP contribution in [0.3, 0.4) is 0 Å². The van der Waals surface area contributed by atoms with Crippen molar-refractivity contribution in [1.82, 2.24) is 14.3 Å². The molecule has 1 aromatic carbocycles. The van der Waals surface area contributed by atoms with Crippen LogP contribution < -0.4 is 0 Å². The average molecular weight is 281 g/mol. The van der Waals surface area contributed by atoms with Gasteiger partial charge in [0.25, 0.3) is 0 Å². The van der Waals surface area contributed by atoms with Crippen LogP contribution in [0.4, 0.5) is 0 Å². The second-order valence-electron chi connectivity index (χ2n) is 5.38. The van der Waals surface area contributed by atoms with Gasteiger partial charge in [0.05, 0.1) is 5.69 Å². The van der Waals surface area contributed by atoms with Gasteiger partial charge in [-0.1, -0.05) is 18.2 Å². The fraction of sp³-hybridized carbons (Fsp3) is 0.235. The van der Waals surface area contributed by atoms with Gasteiger partial charge in [0, 0.05) is 25.0 Å². The molecule has 4 nitrogen and oxygen atoms in total. The Morgan fingerprint density at radius 1 is 1.24 bits per heavy atom. The highest BCUT2D eigenvalue weighted by Gasteiger charge is 2.14. The number of aromatic nitrogens is 2. The first kappa shape index (κ1) is 13.6. The lowest BCUT2D eigenvalue weighted by Gasteiger charge is -2.24. The van der Waals surface area contributed by atoms with Gasteiger partial charge in [-0.15, -0.1) is 0 Å². The number of benzene rings is 1. The van der Waals surface area contributed by atoms with Crippen molar-refractivity contribution < 1.29 is 5.11 Å². The third-order valence-electron chi connectivity index (χ3n) is 3.84. The number of imidazole rings is 1. The first-order chi connectivity index (χ1) is 10.1. The smallest absolute Gasteiger partial charge is 0.137 e. The molecule has 0 unspecified atom stereocenters. The summed E-state index contributed by atoms with van der Waals surface area (Å²) in [5, 5.41) is 9.59. The Morgan fingerprint density at radius 3 is 2.86 bits per heavy atom. The van der Waals surface area contributed by atoms with Crippen LogP contribution in [0.1, 0.15) is 24.2 Å². The number of hydrogen-bond donors (Lipinski definition) is 1. The van der Waals surface area contributed by atoms with E-state index in [1.807, 2.05) is 47.0 Å². The van der Waals surface area contributed by atoms with E-state index in [0.29, 0.717) is 5.75 Å². The van der Waals surface area contributed by atoms with Gasteiger partial charge in [-0.25, -0.2) is 4.98 Å². The van der Waals surface area contributed by atoms with Crippen LogP contribution in [0.25, 0.3) is 5.65 Å². The minimum Gasteiger partial charge on any atom is -0.508 e. The van der Waals surface area contributed by atoms with E-state index in [1.165, 1.54) is 0 Å². The van der Waals surface area contributed by atoms with E-state index in [9.17, 15) is 5.11 Å². The fourth-order valence-electron chi connectivity index (χ4n) is 2.49. The molecule has 2 heterocycles. The van der Waals surface area contributed by atoms with Crippen LogP contribution in [-0.4, -0.2) is 26.4 Å².